The SMILES string of the molecule is CNC(c1cccc2ccccc12)C1CCC(C)C(C)C1. The van der Waals surface area contributed by atoms with Gasteiger partial charge in [0.25, 0.3) is 0 Å². The summed E-state index contributed by atoms with van der Waals surface area (Å²) in [6.07, 6.45) is 4.06. The minimum atomic E-state index is 0.478. The molecule has 0 heterocycles. The minimum Gasteiger partial charge on any atom is -0.313 e. The van der Waals surface area contributed by atoms with Crippen molar-refractivity contribution in [2.24, 2.45) is 17.8 Å². The van der Waals surface area contributed by atoms with Gasteiger partial charge in [0.15, 0.2) is 0 Å². The van der Waals surface area contributed by atoms with E-state index in [1.54, 1.807) is 0 Å². The summed E-state index contributed by atoms with van der Waals surface area (Å²) in [5.41, 5.74) is 1.47. The van der Waals surface area contributed by atoms with Crippen molar-refractivity contribution >= 4 is 10.8 Å². The quantitative estimate of drug-likeness (QED) is 0.818. The number of hydrogen-bond acceptors (Lipinski definition) is 1. The van der Waals surface area contributed by atoms with E-state index in [1.165, 1.54) is 35.6 Å². The van der Waals surface area contributed by atoms with Crippen LogP contribution in [-0.2, 0) is 0 Å². The van der Waals surface area contributed by atoms with Crippen molar-refractivity contribution in [2.45, 2.75) is 39.2 Å². The monoisotopic (exact) mass is 281 g/mol. The second-order valence-corrected chi connectivity index (χ2v) is 6.86. The van der Waals surface area contributed by atoms with Crippen LogP contribution in [0.4, 0.5) is 0 Å². The van der Waals surface area contributed by atoms with Crippen LogP contribution in [0.2, 0.25) is 0 Å². The van der Waals surface area contributed by atoms with E-state index in [1.807, 2.05) is 0 Å². The molecular formula is C20H27N. The highest BCUT2D eigenvalue weighted by Crippen LogP contribution is 2.41. The van der Waals surface area contributed by atoms with E-state index in [2.05, 4.69) is 68.7 Å². The lowest BCUT2D eigenvalue weighted by molar-refractivity contribution is 0.175. The van der Waals surface area contributed by atoms with Gasteiger partial charge in [0.2, 0.25) is 0 Å². The van der Waals surface area contributed by atoms with Crippen LogP contribution in [0.1, 0.15) is 44.7 Å². The smallest absolute Gasteiger partial charge is 0.0352 e. The number of rotatable bonds is 3. The fourth-order valence-corrected chi connectivity index (χ4v) is 4.06. The van der Waals surface area contributed by atoms with Gasteiger partial charge in [0.1, 0.15) is 0 Å². The van der Waals surface area contributed by atoms with E-state index in [9.17, 15) is 0 Å². The second-order valence-electron chi connectivity index (χ2n) is 6.86. The first-order valence-electron chi connectivity index (χ1n) is 8.35. The van der Waals surface area contributed by atoms with E-state index < -0.39 is 0 Å². The van der Waals surface area contributed by atoms with Gasteiger partial charge in [-0.25, -0.2) is 0 Å². The molecule has 1 heteroatoms. The molecule has 1 aliphatic rings. The van der Waals surface area contributed by atoms with E-state index in [0.29, 0.717) is 6.04 Å². The van der Waals surface area contributed by atoms with Crippen molar-refractivity contribution in [2.75, 3.05) is 7.05 Å². The van der Waals surface area contributed by atoms with Gasteiger partial charge in [-0.2, -0.15) is 0 Å². The van der Waals surface area contributed by atoms with Crippen LogP contribution in [0.3, 0.4) is 0 Å². The second kappa shape index (κ2) is 6.19. The van der Waals surface area contributed by atoms with Crippen molar-refractivity contribution in [1.82, 2.24) is 5.32 Å². The number of fused-ring (bicyclic) bond motifs is 1. The third kappa shape index (κ3) is 2.85. The van der Waals surface area contributed by atoms with Crippen LogP contribution in [0.5, 0.6) is 0 Å². The van der Waals surface area contributed by atoms with Crippen molar-refractivity contribution in [3.05, 3.63) is 48.0 Å². The largest absolute Gasteiger partial charge is 0.313 e. The average Bonchev–Trinajstić information content (AvgIpc) is 2.52. The normalized spacial score (nSPS) is 27.7. The molecule has 0 radical (unpaired) electrons. The Morgan fingerprint density at radius 1 is 0.952 bits per heavy atom. The summed E-state index contributed by atoms with van der Waals surface area (Å²) in [5, 5.41) is 6.38. The third-order valence-corrected chi connectivity index (χ3v) is 5.58. The highest BCUT2D eigenvalue weighted by atomic mass is 14.9. The van der Waals surface area contributed by atoms with Crippen LogP contribution >= 0.6 is 0 Å². The maximum atomic E-state index is 3.62. The number of benzene rings is 2. The summed E-state index contributed by atoms with van der Waals surface area (Å²) in [4.78, 5) is 0. The first kappa shape index (κ1) is 14.6. The standard InChI is InChI=1S/C20H27N/c1-14-11-12-17(13-15(14)2)20(21-3)19-10-6-8-16-7-4-5-9-18(16)19/h4-10,14-15,17,20-21H,11-13H2,1-3H3. The molecule has 4 atom stereocenters. The molecule has 0 spiro atoms. The summed E-state index contributed by atoms with van der Waals surface area (Å²) in [7, 11) is 2.12. The number of hydrogen-bond donors (Lipinski definition) is 1. The van der Waals surface area contributed by atoms with E-state index in [0.717, 1.165) is 17.8 Å². The lowest BCUT2D eigenvalue weighted by atomic mass is 9.71. The molecule has 1 nitrogen and oxygen atoms in total. The van der Waals surface area contributed by atoms with Crippen molar-refractivity contribution in [3.63, 3.8) is 0 Å². The highest BCUT2D eigenvalue weighted by Gasteiger charge is 2.30. The van der Waals surface area contributed by atoms with Crippen molar-refractivity contribution < 1.29 is 0 Å². The molecule has 3 rings (SSSR count). The Hall–Kier alpha value is -1.34. The van der Waals surface area contributed by atoms with Crippen LogP contribution < -0.4 is 5.32 Å². The van der Waals surface area contributed by atoms with Crippen LogP contribution in [-0.4, -0.2) is 7.05 Å². The van der Waals surface area contributed by atoms with Gasteiger partial charge < -0.3 is 5.32 Å². The molecule has 2 aromatic rings. The zero-order valence-corrected chi connectivity index (χ0v) is 13.5. The predicted octanol–water partition coefficient (Wildman–Crippen LogP) is 5.17. The summed E-state index contributed by atoms with van der Waals surface area (Å²) >= 11 is 0. The molecule has 0 amide bonds. The number of nitrogens with one attached hydrogen (secondary N) is 1. The summed E-state index contributed by atoms with van der Waals surface area (Å²) in [5.74, 6) is 2.48. The molecule has 112 valence electrons. The van der Waals surface area contributed by atoms with Gasteiger partial charge in [-0.05, 0) is 54.0 Å². The summed E-state index contributed by atoms with van der Waals surface area (Å²) in [6.45, 7) is 4.83. The molecule has 1 aliphatic carbocycles. The van der Waals surface area contributed by atoms with Crippen LogP contribution in [0.25, 0.3) is 10.8 Å². The molecule has 1 N–H and O–H groups in total. The molecular weight excluding hydrogens is 254 g/mol. The molecule has 21 heavy (non-hydrogen) atoms. The van der Waals surface area contributed by atoms with E-state index in [4.69, 9.17) is 0 Å². The topological polar surface area (TPSA) is 12.0 Å². The molecule has 1 saturated carbocycles. The Labute approximate surface area is 128 Å². The maximum Gasteiger partial charge on any atom is 0.0352 e. The fourth-order valence-electron chi connectivity index (χ4n) is 4.06. The van der Waals surface area contributed by atoms with Gasteiger partial charge >= 0.3 is 0 Å². The molecule has 0 aromatic heterocycles. The zero-order valence-electron chi connectivity index (χ0n) is 13.5. The van der Waals surface area contributed by atoms with Crippen molar-refractivity contribution in [3.8, 4) is 0 Å². The van der Waals surface area contributed by atoms with Gasteiger partial charge in [-0.1, -0.05) is 62.7 Å². The zero-order chi connectivity index (χ0) is 14.8. The van der Waals surface area contributed by atoms with Gasteiger partial charge in [0, 0.05) is 6.04 Å². The lowest BCUT2D eigenvalue weighted by Gasteiger charge is -2.37. The first-order valence-corrected chi connectivity index (χ1v) is 8.35. The fraction of sp³-hybridized carbons (Fsp3) is 0.500. The molecule has 0 saturated heterocycles. The molecule has 4 unspecified atom stereocenters. The van der Waals surface area contributed by atoms with Gasteiger partial charge in [-0.3, -0.25) is 0 Å². The Bertz CT molecular complexity index is 598. The van der Waals surface area contributed by atoms with Crippen molar-refractivity contribution in [1.29, 1.82) is 0 Å². The van der Waals surface area contributed by atoms with Crippen LogP contribution in [0, 0.1) is 17.8 Å². The molecule has 0 aliphatic heterocycles. The maximum absolute atomic E-state index is 3.62. The van der Waals surface area contributed by atoms with Crippen LogP contribution in [0.15, 0.2) is 42.5 Å². The molecule has 0 bridgehead atoms. The molecule has 2 aromatic carbocycles. The summed E-state index contributed by atoms with van der Waals surface area (Å²) in [6, 6.07) is 16.0. The Kier molecular flexibility index (Phi) is 4.30. The van der Waals surface area contributed by atoms with Gasteiger partial charge in [0.05, 0.1) is 0 Å². The predicted molar refractivity (Wildman–Crippen MR) is 91.4 cm³/mol. The average molecular weight is 281 g/mol. The summed E-state index contributed by atoms with van der Waals surface area (Å²) < 4.78 is 0. The first-order chi connectivity index (χ1) is 10.2. The minimum absolute atomic E-state index is 0.478. The Morgan fingerprint density at radius 2 is 1.71 bits per heavy atom. The van der Waals surface area contributed by atoms with E-state index >= 15 is 0 Å². The van der Waals surface area contributed by atoms with E-state index in [-0.39, 0.29) is 0 Å². The Morgan fingerprint density at radius 3 is 2.48 bits per heavy atom. The lowest BCUT2D eigenvalue weighted by Crippen LogP contribution is -2.31. The highest BCUT2D eigenvalue weighted by molar-refractivity contribution is 5.86. The molecule has 1 fully saturated rings. The Balaban J connectivity index is 1.95. The van der Waals surface area contributed by atoms with Gasteiger partial charge in [-0.15, -0.1) is 0 Å². The third-order valence-electron chi connectivity index (χ3n) is 5.58.